The van der Waals surface area contributed by atoms with Crippen LogP contribution in [0, 0.1) is 0 Å². The topological polar surface area (TPSA) is 49.4 Å². The van der Waals surface area contributed by atoms with Crippen LogP contribution in [0.1, 0.15) is 25.8 Å². The van der Waals surface area contributed by atoms with Crippen molar-refractivity contribution in [2.45, 2.75) is 37.8 Å². The van der Waals surface area contributed by atoms with Crippen molar-refractivity contribution in [3.63, 3.8) is 0 Å². The van der Waals surface area contributed by atoms with Crippen LogP contribution in [-0.2, 0) is 16.1 Å². The van der Waals surface area contributed by atoms with Gasteiger partial charge in [-0.25, -0.2) is 0 Å². The van der Waals surface area contributed by atoms with Gasteiger partial charge < -0.3 is 10.2 Å². The Balaban J connectivity index is 2.17. The third-order valence-electron chi connectivity index (χ3n) is 4.11. The lowest BCUT2D eigenvalue weighted by Gasteiger charge is -2.30. The monoisotopic (exact) mass is 404 g/mol. The molecule has 0 spiro atoms. The van der Waals surface area contributed by atoms with Crippen LogP contribution in [0.15, 0.2) is 59.5 Å². The standard InChI is InChI=1S/C21H25ClN2O2S/c1-3-19(21(26)23-4-2)24(14-16-10-12-17(22)13-11-16)20(25)15-27-18-8-6-5-7-9-18/h5-13,19H,3-4,14-15H2,1-2H3,(H,23,26)/t19-/m0/s1. The van der Waals surface area contributed by atoms with Crippen molar-refractivity contribution in [1.29, 1.82) is 0 Å². The summed E-state index contributed by atoms with van der Waals surface area (Å²) < 4.78 is 0. The summed E-state index contributed by atoms with van der Waals surface area (Å²) in [5, 5.41) is 3.49. The van der Waals surface area contributed by atoms with Crippen molar-refractivity contribution < 1.29 is 9.59 Å². The van der Waals surface area contributed by atoms with E-state index >= 15 is 0 Å². The summed E-state index contributed by atoms with van der Waals surface area (Å²) in [7, 11) is 0. The molecular formula is C21H25ClN2O2S. The van der Waals surface area contributed by atoms with E-state index in [9.17, 15) is 9.59 Å². The van der Waals surface area contributed by atoms with E-state index in [1.54, 1.807) is 17.0 Å². The smallest absolute Gasteiger partial charge is 0.242 e. The van der Waals surface area contributed by atoms with Gasteiger partial charge in [0.25, 0.3) is 0 Å². The molecule has 2 amide bonds. The highest BCUT2D eigenvalue weighted by Gasteiger charge is 2.28. The van der Waals surface area contributed by atoms with Crippen molar-refractivity contribution in [3.8, 4) is 0 Å². The maximum absolute atomic E-state index is 13.0. The van der Waals surface area contributed by atoms with Gasteiger partial charge in [0.15, 0.2) is 0 Å². The molecule has 0 radical (unpaired) electrons. The van der Waals surface area contributed by atoms with Crippen LogP contribution in [0.2, 0.25) is 5.02 Å². The van der Waals surface area contributed by atoms with Gasteiger partial charge in [-0.05, 0) is 43.2 Å². The second-order valence-corrected chi connectivity index (χ2v) is 7.55. The molecule has 0 saturated heterocycles. The van der Waals surface area contributed by atoms with E-state index in [0.29, 0.717) is 24.5 Å². The Kier molecular flexibility index (Phi) is 8.69. The molecule has 0 bridgehead atoms. The molecule has 0 heterocycles. The first-order valence-corrected chi connectivity index (χ1v) is 10.4. The number of hydrogen-bond donors (Lipinski definition) is 1. The highest BCUT2D eigenvalue weighted by molar-refractivity contribution is 8.00. The lowest BCUT2D eigenvalue weighted by Crippen LogP contribution is -2.49. The highest BCUT2D eigenvalue weighted by atomic mass is 35.5. The van der Waals surface area contributed by atoms with E-state index in [1.807, 2.05) is 56.3 Å². The Morgan fingerprint density at radius 1 is 1.07 bits per heavy atom. The third-order valence-corrected chi connectivity index (χ3v) is 5.36. The van der Waals surface area contributed by atoms with Gasteiger partial charge in [-0.15, -0.1) is 11.8 Å². The zero-order chi connectivity index (χ0) is 19.6. The van der Waals surface area contributed by atoms with Crippen molar-refractivity contribution in [1.82, 2.24) is 10.2 Å². The van der Waals surface area contributed by atoms with E-state index in [-0.39, 0.29) is 17.6 Å². The number of hydrogen-bond acceptors (Lipinski definition) is 3. The second-order valence-electron chi connectivity index (χ2n) is 6.07. The Morgan fingerprint density at radius 2 is 1.74 bits per heavy atom. The zero-order valence-electron chi connectivity index (χ0n) is 15.7. The molecule has 0 aliphatic rings. The molecule has 4 nitrogen and oxygen atoms in total. The number of likely N-dealkylation sites (N-methyl/N-ethyl adjacent to an activating group) is 1. The summed E-state index contributed by atoms with van der Waals surface area (Å²) >= 11 is 7.44. The molecule has 0 fully saturated rings. The van der Waals surface area contributed by atoms with Crippen LogP contribution in [-0.4, -0.2) is 35.1 Å². The van der Waals surface area contributed by atoms with Crippen LogP contribution in [0.25, 0.3) is 0 Å². The number of halogens is 1. The van der Waals surface area contributed by atoms with Crippen molar-refractivity contribution >= 4 is 35.2 Å². The maximum Gasteiger partial charge on any atom is 0.242 e. The first-order valence-electron chi connectivity index (χ1n) is 9.04. The minimum Gasteiger partial charge on any atom is -0.355 e. The minimum absolute atomic E-state index is 0.0584. The average molecular weight is 405 g/mol. The summed E-state index contributed by atoms with van der Waals surface area (Å²) in [6, 6.07) is 16.7. The van der Waals surface area contributed by atoms with Crippen LogP contribution < -0.4 is 5.32 Å². The van der Waals surface area contributed by atoms with Crippen molar-refractivity contribution in [2.24, 2.45) is 0 Å². The molecule has 144 valence electrons. The van der Waals surface area contributed by atoms with E-state index in [2.05, 4.69) is 5.32 Å². The Hall–Kier alpha value is -1.98. The molecule has 27 heavy (non-hydrogen) atoms. The molecule has 2 rings (SSSR count). The third kappa shape index (κ3) is 6.60. The molecule has 0 saturated carbocycles. The summed E-state index contributed by atoms with van der Waals surface area (Å²) in [6.07, 6.45) is 0.557. The summed E-state index contributed by atoms with van der Waals surface area (Å²) in [5.74, 6) is 0.108. The number of carbonyl (C=O) groups is 2. The van der Waals surface area contributed by atoms with Crippen molar-refractivity contribution in [2.75, 3.05) is 12.3 Å². The molecule has 2 aromatic rings. The van der Waals surface area contributed by atoms with E-state index in [0.717, 1.165) is 10.5 Å². The highest BCUT2D eigenvalue weighted by Crippen LogP contribution is 2.20. The fourth-order valence-corrected chi connectivity index (χ4v) is 3.67. The second kappa shape index (κ2) is 11.0. The Bertz CT molecular complexity index is 738. The average Bonchev–Trinajstić information content (AvgIpc) is 2.68. The fourth-order valence-electron chi connectivity index (χ4n) is 2.74. The molecule has 0 unspecified atom stereocenters. The minimum atomic E-state index is -0.496. The van der Waals surface area contributed by atoms with Crippen molar-refractivity contribution in [3.05, 3.63) is 65.2 Å². The number of carbonyl (C=O) groups excluding carboxylic acids is 2. The summed E-state index contributed by atoms with van der Waals surface area (Å²) in [4.78, 5) is 28.2. The van der Waals surface area contributed by atoms with Gasteiger partial charge in [-0.1, -0.05) is 48.9 Å². The number of amides is 2. The van der Waals surface area contributed by atoms with E-state index in [4.69, 9.17) is 11.6 Å². The Labute approximate surface area is 170 Å². The van der Waals surface area contributed by atoms with Gasteiger partial charge >= 0.3 is 0 Å². The number of nitrogens with zero attached hydrogens (tertiary/aromatic N) is 1. The van der Waals surface area contributed by atoms with Gasteiger partial charge in [-0.3, -0.25) is 9.59 Å². The van der Waals surface area contributed by atoms with Crippen LogP contribution in [0.5, 0.6) is 0 Å². The molecule has 1 N–H and O–H groups in total. The summed E-state index contributed by atoms with van der Waals surface area (Å²) in [6.45, 7) is 4.71. The van der Waals surface area contributed by atoms with Gasteiger partial charge in [0.2, 0.25) is 11.8 Å². The largest absolute Gasteiger partial charge is 0.355 e. The van der Waals surface area contributed by atoms with E-state index in [1.165, 1.54) is 11.8 Å². The lowest BCUT2D eigenvalue weighted by atomic mass is 10.1. The molecule has 2 aromatic carbocycles. The van der Waals surface area contributed by atoms with Gasteiger partial charge in [0.05, 0.1) is 5.75 Å². The SMILES string of the molecule is CCNC(=O)[C@H](CC)N(Cc1ccc(Cl)cc1)C(=O)CSc1ccccc1. The number of nitrogens with one attached hydrogen (secondary N) is 1. The van der Waals surface area contributed by atoms with Crippen LogP contribution in [0.3, 0.4) is 0 Å². The molecule has 6 heteroatoms. The Morgan fingerprint density at radius 3 is 2.33 bits per heavy atom. The first-order chi connectivity index (χ1) is 13.0. The molecule has 1 atom stereocenters. The summed E-state index contributed by atoms with van der Waals surface area (Å²) in [5.41, 5.74) is 0.945. The predicted molar refractivity (Wildman–Crippen MR) is 112 cm³/mol. The maximum atomic E-state index is 13.0. The van der Waals surface area contributed by atoms with Crippen LogP contribution in [0.4, 0.5) is 0 Å². The van der Waals surface area contributed by atoms with Gasteiger partial charge in [0, 0.05) is 23.0 Å². The van der Waals surface area contributed by atoms with Crippen LogP contribution >= 0.6 is 23.4 Å². The normalized spacial score (nSPS) is 11.7. The molecule has 0 aliphatic carbocycles. The fraction of sp³-hybridized carbons (Fsp3) is 0.333. The quantitative estimate of drug-likeness (QED) is 0.631. The molecule has 0 aliphatic heterocycles. The number of rotatable bonds is 9. The number of thioether (sulfide) groups is 1. The predicted octanol–water partition coefficient (Wildman–Crippen LogP) is 4.38. The molecular weight excluding hydrogens is 380 g/mol. The van der Waals surface area contributed by atoms with Gasteiger partial charge in [-0.2, -0.15) is 0 Å². The first kappa shape index (κ1) is 21.3. The number of benzene rings is 2. The van der Waals surface area contributed by atoms with Gasteiger partial charge in [0.1, 0.15) is 6.04 Å². The van der Waals surface area contributed by atoms with E-state index < -0.39 is 6.04 Å². The molecule has 0 aromatic heterocycles. The lowest BCUT2D eigenvalue weighted by molar-refractivity contribution is -0.139. The zero-order valence-corrected chi connectivity index (χ0v) is 17.2.